The van der Waals surface area contributed by atoms with E-state index in [9.17, 15) is 18.0 Å². The van der Waals surface area contributed by atoms with Crippen molar-refractivity contribution in [3.8, 4) is 0 Å². The summed E-state index contributed by atoms with van der Waals surface area (Å²) in [5, 5.41) is 3.43. The van der Waals surface area contributed by atoms with Gasteiger partial charge in [0.05, 0.1) is 23.8 Å². The Morgan fingerprint density at radius 2 is 2.04 bits per heavy atom. The average molecular weight is 414 g/mol. The highest BCUT2D eigenvalue weighted by molar-refractivity contribution is 7.80. The van der Waals surface area contributed by atoms with Crippen LogP contribution < -0.4 is 5.32 Å². The standard InChI is InChI=1S/C19H21F3N2O3S/c1-11-15(17(25)27-9-8-26-2)16(23-18(28)24(11)14-6-7-14)12-4-3-5-13(10-12)19(20,21)22/h3-5,10,14,16H,6-9H2,1-2H3,(H,23,28)/t16-/m1/s1. The highest BCUT2D eigenvalue weighted by Crippen LogP contribution is 2.39. The summed E-state index contributed by atoms with van der Waals surface area (Å²) in [5.41, 5.74) is 0.379. The van der Waals surface area contributed by atoms with E-state index in [4.69, 9.17) is 21.7 Å². The number of nitrogens with one attached hydrogen (secondary N) is 1. The number of alkyl halides is 3. The molecular weight excluding hydrogens is 393 g/mol. The van der Waals surface area contributed by atoms with Gasteiger partial charge in [-0.1, -0.05) is 12.1 Å². The van der Waals surface area contributed by atoms with Gasteiger partial charge < -0.3 is 19.7 Å². The molecule has 0 amide bonds. The third-order valence-electron chi connectivity index (χ3n) is 4.73. The van der Waals surface area contributed by atoms with E-state index in [1.807, 2.05) is 4.90 Å². The number of allylic oxidation sites excluding steroid dienone is 1. The van der Waals surface area contributed by atoms with E-state index in [0.717, 1.165) is 25.0 Å². The SMILES string of the molecule is COCCOC(=O)C1=C(C)N(C2CC2)C(=S)N[C@@H]1c1cccc(C(F)(F)F)c1. The molecule has 1 aromatic rings. The molecule has 0 saturated heterocycles. The summed E-state index contributed by atoms with van der Waals surface area (Å²) in [5.74, 6) is -0.599. The lowest BCUT2D eigenvalue weighted by molar-refractivity contribution is -0.141. The average Bonchev–Trinajstić information content (AvgIpc) is 3.45. The lowest BCUT2D eigenvalue weighted by Crippen LogP contribution is -2.48. The Kier molecular flexibility index (Phi) is 5.95. The number of nitrogens with zero attached hydrogens (tertiary/aromatic N) is 1. The molecule has 0 spiro atoms. The molecule has 28 heavy (non-hydrogen) atoms. The van der Waals surface area contributed by atoms with Crippen molar-refractivity contribution >= 4 is 23.3 Å². The number of carbonyl (C=O) groups is 1. The summed E-state index contributed by atoms with van der Waals surface area (Å²) in [7, 11) is 1.49. The monoisotopic (exact) mass is 414 g/mol. The number of ether oxygens (including phenoxy) is 2. The van der Waals surface area contributed by atoms with E-state index < -0.39 is 23.8 Å². The largest absolute Gasteiger partial charge is 0.460 e. The van der Waals surface area contributed by atoms with Crippen molar-refractivity contribution in [1.29, 1.82) is 0 Å². The van der Waals surface area contributed by atoms with Gasteiger partial charge in [0.25, 0.3) is 0 Å². The molecule has 1 heterocycles. The van der Waals surface area contributed by atoms with Crippen LogP contribution in [0.1, 0.15) is 36.9 Å². The first-order valence-corrected chi connectivity index (χ1v) is 9.28. The van der Waals surface area contributed by atoms with Crippen molar-refractivity contribution in [2.75, 3.05) is 20.3 Å². The molecule has 0 unspecified atom stereocenters. The fourth-order valence-corrected chi connectivity index (χ4v) is 3.64. The zero-order chi connectivity index (χ0) is 20.5. The van der Waals surface area contributed by atoms with Crippen LogP contribution in [0.3, 0.4) is 0 Å². The minimum absolute atomic E-state index is 0.0509. The first kappa shape index (κ1) is 20.6. The molecule has 1 aliphatic carbocycles. The Balaban J connectivity index is 2.00. The second kappa shape index (κ2) is 8.08. The molecule has 1 saturated carbocycles. The van der Waals surface area contributed by atoms with Crippen molar-refractivity contribution in [3.63, 3.8) is 0 Å². The maximum Gasteiger partial charge on any atom is 0.416 e. The Labute approximate surface area is 166 Å². The van der Waals surface area contributed by atoms with E-state index in [-0.39, 0.29) is 24.8 Å². The van der Waals surface area contributed by atoms with Gasteiger partial charge in [-0.2, -0.15) is 13.2 Å². The third kappa shape index (κ3) is 4.30. The van der Waals surface area contributed by atoms with Crippen molar-refractivity contribution in [3.05, 3.63) is 46.7 Å². The third-order valence-corrected chi connectivity index (χ3v) is 5.04. The molecule has 1 aliphatic heterocycles. The topological polar surface area (TPSA) is 50.8 Å². The van der Waals surface area contributed by atoms with Crippen LogP contribution in [0.4, 0.5) is 13.2 Å². The smallest absolute Gasteiger partial charge is 0.416 e. The van der Waals surface area contributed by atoms with Gasteiger partial charge in [-0.05, 0) is 49.7 Å². The van der Waals surface area contributed by atoms with Crippen LogP contribution in [0.5, 0.6) is 0 Å². The van der Waals surface area contributed by atoms with E-state index in [1.54, 1.807) is 6.92 Å². The number of methoxy groups -OCH3 is 1. The summed E-state index contributed by atoms with van der Waals surface area (Å²) in [4.78, 5) is 14.6. The number of carbonyl (C=O) groups excluding carboxylic acids is 1. The normalized spacial score (nSPS) is 20.2. The summed E-state index contributed by atoms with van der Waals surface area (Å²) < 4.78 is 49.6. The molecule has 1 N–H and O–H groups in total. The second-order valence-electron chi connectivity index (χ2n) is 6.73. The first-order chi connectivity index (χ1) is 13.2. The van der Waals surface area contributed by atoms with Crippen molar-refractivity contribution < 1.29 is 27.4 Å². The second-order valence-corrected chi connectivity index (χ2v) is 7.12. The van der Waals surface area contributed by atoms with Crippen LogP contribution in [0.25, 0.3) is 0 Å². The van der Waals surface area contributed by atoms with E-state index in [2.05, 4.69) is 5.32 Å². The molecule has 2 aliphatic rings. The maximum atomic E-state index is 13.2. The summed E-state index contributed by atoms with van der Waals surface area (Å²) in [6.07, 6.45) is -2.60. The quantitative estimate of drug-likeness (QED) is 0.436. The predicted molar refractivity (Wildman–Crippen MR) is 100 cm³/mol. The lowest BCUT2D eigenvalue weighted by Gasteiger charge is -2.38. The summed E-state index contributed by atoms with van der Waals surface area (Å²) >= 11 is 5.44. The van der Waals surface area contributed by atoms with Crippen molar-refractivity contribution in [2.24, 2.45) is 0 Å². The van der Waals surface area contributed by atoms with Crippen LogP contribution in [-0.4, -0.2) is 42.3 Å². The van der Waals surface area contributed by atoms with Crippen molar-refractivity contribution in [2.45, 2.75) is 38.0 Å². The van der Waals surface area contributed by atoms with Gasteiger partial charge in [-0.25, -0.2) is 4.79 Å². The van der Waals surface area contributed by atoms with Gasteiger partial charge in [0.2, 0.25) is 0 Å². The Morgan fingerprint density at radius 1 is 1.32 bits per heavy atom. The van der Waals surface area contributed by atoms with E-state index >= 15 is 0 Å². The van der Waals surface area contributed by atoms with E-state index in [1.165, 1.54) is 19.2 Å². The minimum Gasteiger partial charge on any atom is -0.460 e. The van der Waals surface area contributed by atoms with Gasteiger partial charge in [0.1, 0.15) is 6.61 Å². The molecule has 1 fully saturated rings. The molecule has 0 aromatic heterocycles. The Hall–Kier alpha value is -2.13. The number of thiocarbonyl (C=S) groups is 1. The highest BCUT2D eigenvalue weighted by Gasteiger charge is 2.41. The zero-order valence-corrected chi connectivity index (χ0v) is 16.3. The van der Waals surface area contributed by atoms with Gasteiger partial charge in [0.15, 0.2) is 5.11 Å². The molecular formula is C19H21F3N2O3S. The van der Waals surface area contributed by atoms with Crippen LogP contribution in [-0.2, 0) is 20.4 Å². The van der Waals surface area contributed by atoms with Gasteiger partial charge in [-0.15, -0.1) is 0 Å². The molecule has 0 bridgehead atoms. The minimum atomic E-state index is -4.48. The van der Waals surface area contributed by atoms with Gasteiger partial charge in [-0.3, -0.25) is 0 Å². The molecule has 1 aromatic carbocycles. The summed E-state index contributed by atoms with van der Waals surface area (Å²) in [6, 6.07) is 4.26. The van der Waals surface area contributed by atoms with E-state index in [0.29, 0.717) is 16.4 Å². The Bertz CT molecular complexity index is 806. The molecule has 152 valence electrons. The molecule has 3 rings (SSSR count). The van der Waals surface area contributed by atoms with Crippen LogP contribution >= 0.6 is 12.2 Å². The molecule has 0 radical (unpaired) electrons. The number of halogens is 3. The molecule has 9 heteroatoms. The van der Waals surface area contributed by atoms with Crippen molar-refractivity contribution in [1.82, 2.24) is 10.2 Å². The van der Waals surface area contributed by atoms with Gasteiger partial charge in [0, 0.05) is 18.8 Å². The van der Waals surface area contributed by atoms with Crippen LogP contribution in [0.15, 0.2) is 35.5 Å². The maximum absolute atomic E-state index is 13.2. The van der Waals surface area contributed by atoms with Crippen LogP contribution in [0.2, 0.25) is 0 Å². The number of hydrogen-bond acceptors (Lipinski definition) is 4. The number of esters is 1. The predicted octanol–water partition coefficient (Wildman–Crippen LogP) is 3.56. The van der Waals surface area contributed by atoms with Gasteiger partial charge >= 0.3 is 12.1 Å². The first-order valence-electron chi connectivity index (χ1n) is 8.87. The fourth-order valence-electron chi connectivity index (χ4n) is 3.23. The highest BCUT2D eigenvalue weighted by atomic mass is 32.1. The lowest BCUT2D eigenvalue weighted by atomic mass is 9.93. The summed E-state index contributed by atoms with van der Waals surface area (Å²) in [6.45, 7) is 2.03. The number of benzene rings is 1. The fraction of sp³-hybridized carbons (Fsp3) is 0.474. The Morgan fingerprint density at radius 3 is 2.64 bits per heavy atom. The number of rotatable bonds is 6. The van der Waals surface area contributed by atoms with Crippen LogP contribution in [0, 0.1) is 0 Å². The number of hydrogen-bond donors (Lipinski definition) is 1. The molecule has 5 nitrogen and oxygen atoms in total. The molecule has 1 atom stereocenters. The zero-order valence-electron chi connectivity index (χ0n) is 15.5.